The highest BCUT2D eigenvalue weighted by Crippen LogP contribution is 2.30. The summed E-state index contributed by atoms with van der Waals surface area (Å²) in [5.41, 5.74) is 1.59. The molecule has 6 nitrogen and oxygen atoms in total. The summed E-state index contributed by atoms with van der Waals surface area (Å²) < 4.78 is 2.03. The summed E-state index contributed by atoms with van der Waals surface area (Å²) in [7, 11) is 3.49. The number of amides is 2. The zero-order valence-electron chi connectivity index (χ0n) is 15.0. The molecule has 0 aromatic carbocycles. The standard InChI is InChI=1S/C18H28N4O2/c1-13-15(12-19-22(13)14-8-5-4-6-9-14)17(23)21-11-7-10-16(21)18(24)20(2)3/h12,14,16H,4-11H2,1-3H3. The molecule has 1 aromatic heterocycles. The van der Waals surface area contributed by atoms with Crippen LogP contribution in [0.3, 0.4) is 0 Å². The second-order valence-electron chi connectivity index (χ2n) is 7.27. The van der Waals surface area contributed by atoms with Gasteiger partial charge >= 0.3 is 0 Å². The minimum atomic E-state index is -0.329. The molecule has 0 N–H and O–H groups in total. The van der Waals surface area contributed by atoms with E-state index in [9.17, 15) is 9.59 Å². The summed E-state index contributed by atoms with van der Waals surface area (Å²) in [5.74, 6) is -0.0366. The SMILES string of the molecule is Cc1c(C(=O)N2CCCC2C(=O)N(C)C)cnn1C1CCCCC1. The van der Waals surface area contributed by atoms with Crippen LogP contribution < -0.4 is 0 Å². The molecule has 0 spiro atoms. The van der Waals surface area contributed by atoms with Crippen LogP contribution in [0, 0.1) is 6.92 Å². The van der Waals surface area contributed by atoms with Crippen molar-refractivity contribution in [2.75, 3.05) is 20.6 Å². The van der Waals surface area contributed by atoms with Crippen LogP contribution in [0.15, 0.2) is 6.20 Å². The molecule has 1 atom stereocenters. The van der Waals surface area contributed by atoms with Crippen molar-refractivity contribution in [2.24, 2.45) is 0 Å². The average Bonchev–Trinajstić information content (AvgIpc) is 3.21. The largest absolute Gasteiger partial charge is 0.347 e. The Morgan fingerprint density at radius 2 is 1.83 bits per heavy atom. The highest BCUT2D eigenvalue weighted by molar-refractivity contribution is 5.98. The summed E-state index contributed by atoms with van der Waals surface area (Å²) in [6.45, 7) is 2.63. The second-order valence-corrected chi connectivity index (χ2v) is 7.27. The molecule has 1 aliphatic heterocycles. The first-order chi connectivity index (χ1) is 11.5. The van der Waals surface area contributed by atoms with Crippen molar-refractivity contribution in [1.29, 1.82) is 0 Å². The molecule has 2 aliphatic rings. The summed E-state index contributed by atoms with van der Waals surface area (Å²) >= 11 is 0. The maximum Gasteiger partial charge on any atom is 0.258 e. The van der Waals surface area contributed by atoms with Gasteiger partial charge in [0.25, 0.3) is 5.91 Å². The fraction of sp³-hybridized carbons (Fsp3) is 0.722. The maximum absolute atomic E-state index is 13.0. The first kappa shape index (κ1) is 17.0. The van der Waals surface area contributed by atoms with E-state index in [1.807, 2.05) is 11.6 Å². The highest BCUT2D eigenvalue weighted by Gasteiger charge is 2.36. The quantitative estimate of drug-likeness (QED) is 0.854. The molecular weight excluding hydrogens is 304 g/mol. The van der Waals surface area contributed by atoms with Crippen LogP contribution in [0.1, 0.15) is 67.0 Å². The zero-order chi connectivity index (χ0) is 17.3. The fourth-order valence-electron chi connectivity index (χ4n) is 4.05. The Bertz CT molecular complexity index is 617. The smallest absolute Gasteiger partial charge is 0.258 e. The van der Waals surface area contributed by atoms with Crippen molar-refractivity contribution in [3.8, 4) is 0 Å². The van der Waals surface area contributed by atoms with E-state index in [2.05, 4.69) is 5.10 Å². The Balaban J connectivity index is 1.80. The molecule has 24 heavy (non-hydrogen) atoms. The lowest BCUT2D eigenvalue weighted by Crippen LogP contribution is -2.45. The van der Waals surface area contributed by atoms with E-state index in [1.54, 1.807) is 30.1 Å². The molecule has 0 bridgehead atoms. The third-order valence-electron chi connectivity index (χ3n) is 5.44. The van der Waals surface area contributed by atoms with Gasteiger partial charge in [-0.1, -0.05) is 19.3 Å². The fourth-order valence-corrected chi connectivity index (χ4v) is 4.05. The van der Waals surface area contributed by atoms with E-state index in [0.717, 1.165) is 31.4 Å². The number of hydrogen-bond acceptors (Lipinski definition) is 3. The number of likely N-dealkylation sites (tertiary alicyclic amines) is 1. The number of aromatic nitrogens is 2. The first-order valence-electron chi connectivity index (χ1n) is 9.07. The predicted octanol–water partition coefficient (Wildman–Crippen LogP) is 2.39. The lowest BCUT2D eigenvalue weighted by Gasteiger charge is -2.26. The van der Waals surface area contributed by atoms with E-state index in [0.29, 0.717) is 18.2 Å². The first-order valence-corrected chi connectivity index (χ1v) is 9.07. The van der Waals surface area contributed by atoms with Crippen molar-refractivity contribution in [3.63, 3.8) is 0 Å². The van der Waals surface area contributed by atoms with Gasteiger partial charge in [-0.2, -0.15) is 5.10 Å². The third kappa shape index (κ3) is 3.06. The Morgan fingerprint density at radius 3 is 2.50 bits per heavy atom. The molecule has 6 heteroatoms. The Morgan fingerprint density at radius 1 is 1.12 bits per heavy atom. The van der Waals surface area contributed by atoms with Crippen LogP contribution in [0.4, 0.5) is 0 Å². The van der Waals surface area contributed by atoms with Crippen molar-refractivity contribution < 1.29 is 9.59 Å². The number of hydrogen-bond donors (Lipinski definition) is 0. The van der Waals surface area contributed by atoms with Gasteiger partial charge in [0.1, 0.15) is 6.04 Å². The Kier molecular flexibility index (Phi) is 4.92. The minimum absolute atomic E-state index is 0.0122. The Labute approximate surface area is 143 Å². The van der Waals surface area contributed by atoms with Crippen molar-refractivity contribution in [1.82, 2.24) is 19.6 Å². The van der Waals surface area contributed by atoms with Crippen molar-refractivity contribution in [2.45, 2.75) is 64.0 Å². The molecule has 1 aromatic rings. The summed E-state index contributed by atoms with van der Waals surface area (Å²) in [5, 5.41) is 4.51. The normalized spacial score (nSPS) is 22.0. The van der Waals surface area contributed by atoms with Gasteiger partial charge in [0.05, 0.1) is 17.8 Å². The lowest BCUT2D eigenvalue weighted by atomic mass is 9.95. The average molecular weight is 332 g/mol. The molecule has 1 unspecified atom stereocenters. The van der Waals surface area contributed by atoms with Gasteiger partial charge in [-0.05, 0) is 32.6 Å². The lowest BCUT2D eigenvalue weighted by molar-refractivity contribution is -0.132. The number of likely N-dealkylation sites (N-methyl/N-ethyl adjacent to an activating group) is 1. The molecular formula is C18H28N4O2. The molecule has 1 saturated heterocycles. The molecule has 0 radical (unpaired) electrons. The molecule has 1 aliphatic carbocycles. The highest BCUT2D eigenvalue weighted by atomic mass is 16.2. The molecule has 2 amide bonds. The Hall–Kier alpha value is -1.85. The zero-order valence-corrected chi connectivity index (χ0v) is 15.0. The number of carbonyl (C=O) groups is 2. The molecule has 1 saturated carbocycles. The molecule has 3 rings (SSSR count). The predicted molar refractivity (Wildman–Crippen MR) is 91.8 cm³/mol. The van der Waals surface area contributed by atoms with Gasteiger partial charge in [-0.25, -0.2) is 0 Å². The van der Waals surface area contributed by atoms with Crippen molar-refractivity contribution in [3.05, 3.63) is 17.5 Å². The maximum atomic E-state index is 13.0. The van der Waals surface area contributed by atoms with Crippen molar-refractivity contribution >= 4 is 11.8 Å². The molecule has 2 heterocycles. The van der Waals surface area contributed by atoms with Gasteiger partial charge in [-0.15, -0.1) is 0 Å². The van der Waals surface area contributed by atoms with Gasteiger partial charge < -0.3 is 9.80 Å². The van der Waals surface area contributed by atoms with E-state index in [1.165, 1.54) is 19.3 Å². The van der Waals surface area contributed by atoms with Crippen LogP contribution in [-0.2, 0) is 4.79 Å². The van der Waals surface area contributed by atoms with E-state index < -0.39 is 0 Å². The third-order valence-corrected chi connectivity index (χ3v) is 5.44. The summed E-state index contributed by atoms with van der Waals surface area (Å²) in [6, 6.07) is 0.0861. The summed E-state index contributed by atoms with van der Waals surface area (Å²) in [4.78, 5) is 28.7. The van der Waals surface area contributed by atoms with Crippen LogP contribution in [0.25, 0.3) is 0 Å². The van der Waals surface area contributed by atoms with Gasteiger partial charge in [0.2, 0.25) is 5.91 Å². The topological polar surface area (TPSA) is 58.4 Å². The monoisotopic (exact) mass is 332 g/mol. The minimum Gasteiger partial charge on any atom is -0.347 e. The second kappa shape index (κ2) is 6.95. The van der Waals surface area contributed by atoms with Gasteiger partial charge in [0.15, 0.2) is 0 Å². The van der Waals surface area contributed by atoms with E-state index in [-0.39, 0.29) is 17.9 Å². The number of rotatable bonds is 3. The van der Waals surface area contributed by atoms with E-state index in [4.69, 9.17) is 0 Å². The van der Waals surface area contributed by atoms with Crippen LogP contribution in [0.2, 0.25) is 0 Å². The number of nitrogens with zero attached hydrogens (tertiary/aromatic N) is 4. The van der Waals surface area contributed by atoms with Gasteiger partial charge in [-0.3, -0.25) is 14.3 Å². The number of carbonyl (C=O) groups excluding carboxylic acids is 2. The molecule has 2 fully saturated rings. The van der Waals surface area contributed by atoms with Crippen LogP contribution in [0.5, 0.6) is 0 Å². The van der Waals surface area contributed by atoms with Crippen LogP contribution >= 0.6 is 0 Å². The van der Waals surface area contributed by atoms with Gasteiger partial charge in [0, 0.05) is 26.3 Å². The van der Waals surface area contributed by atoms with Crippen LogP contribution in [-0.4, -0.2) is 58.1 Å². The van der Waals surface area contributed by atoms with E-state index >= 15 is 0 Å². The molecule has 132 valence electrons. The summed E-state index contributed by atoms with van der Waals surface area (Å²) in [6.07, 6.45) is 9.37.